The Morgan fingerprint density at radius 3 is 2.73 bits per heavy atom. The molecule has 6 nitrogen and oxygen atoms in total. The van der Waals surface area contributed by atoms with Gasteiger partial charge in [0.1, 0.15) is 5.82 Å². The van der Waals surface area contributed by atoms with Crippen LogP contribution in [0.3, 0.4) is 0 Å². The number of nitrogens with one attached hydrogen (secondary N) is 1. The van der Waals surface area contributed by atoms with Crippen molar-refractivity contribution in [3.63, 3.8) is 0 Å². The third-order valence-electron chi connectivity index (χ3n) is 3.72. The highest BCUT2D eigenvalue weighted by molar-refractivity contribution is 7.99. The van der Waals surface area contributed by atoms with Crippen LogP contribution in [-0.2, 0) is 4.79 Å². The standard InChI is InChI=1S/C19H20N4O2S/c1-12(2)21-16(24)11-26-19-22-15-9-5-4-8-14(15)18(25)23(19)17-13(3)7-6-10-20-17/h4-10,12H,11H2,1-3H3,(H,21,24). The Morgan fingerprint density at radius 1 is 1.23 bits per heavy atom. The van der Waals surface area contributed by atoms with Gasteiger partial charge in [0.25, 0.3) is 5.56 Å². The molecule has 1 N–H and O–H groups in total. The van der Waals surface area contributed by atoms with E-state index in [0.717, 1.165) is 5.56 Å². The number of amides is 1. The highest BCUT2D eigenvalue weighted by atomic mass is 32.2. The van der Waals surface area contributed by atoms with E-state index in [0.29, 0.717) is 21.9 Å². The summed E-state index contributed by atoms with van der Waals surface area (Å²) in [7, 11) is 0. The number of hydrogen-bond donors (Lipinski definition) is 1. The summed E-state index contributed by atoms with van der Waals surface area (Å²) in [5, 5.41) is 3.82. The van der Waals surface area contributed by atoms with E-state index >= 15 is 0 Å². The zero-order chi connectivity index (χ0) is 18.7. The molecule has 134 valence electrons. The molecular formula is C19H20N4O2S. The minimum absolute atomic E-state index is 0.0629. The molecule has 26 heavy (non-hydrogen) atoms. The number of carbonyl (C=O) groups excluding carboxylic acids is 1. The fourth-order valence-electron chi connectivity index (χ4n) is 2.60. The molecule has 3 rings (SSSR count). The van der Waals surface area contributed by atoms with Gasteiger partial charge in [-0.15, -0.1) is 0 Å². The zero-order valence-electron chi connectivity index (χ0n) is 14.9. The van der Waals surface area contributed by atoms with Gasteiger partial charge < -0.3 is 5.32 Å². The fourth-order valence-corrected chi connectivity index (χ4v) is 3.41. The summed E-state index contributed by atoms with van der Waals surface area (Å²) in [4.78, 5) is 34.1. The van der Waals surface area contributed by atoms with Crippen LogP contribution in [0.4, 0.5) is 0 Å². The van der Waals surface area contributed by atoms with Gasteiger partial charge in [0.2, 0.25) is 5.91 Å². The van der Waals surface area contributed by atoms with Gasteiger partial charge in [-0.3, -0.25) is 9.59 Å². The van der Waals surface area contributed by atoms with Crippen LogP contribution in [0.2, 0.25) is 0 Å². The number of benzene rings is 1. The maximum absolute atomic E-state index is 13.1. The minimum Gasteiger partial charge on any atom is -0.353 e. The predicted octanol–water partition coefficient (Wildman–Crippen LogP) is 2.71. The third-order valence-corrected chi connectivity index (χ3v) is 4.66. The van der Waals surface area contributed by atoms with Gasteiger partial charge in [0.05, 0.1) is 16.7 Å². The Balaban J connectivity index is 2.11. The predicted molar refractivity (Wildman–Crippen MR) is 104 cm³/mol. The number of aromatic nitrogens is 3. The maximum atomic E-state index is 13.1. The lowest BCUT2D eigenvalue weighted by atomic mass is 10.2. The van der Waals surface area contributed by atoms with Crippen molar-refractivity contribution in [1.82, 2.24) is 19.9 Å². The quantitative estimate of drug-likeness (QED) is 0.553. The first-order valence-corrected chi connectivity index (χ1v) is 9.32. The van der Waals surface area contributed by atoms with Crippen molar-refractivity contribution in [2.45, 2.75) is 32.0 Å². The van der Waals surface area contributed by atoms with Crippen molar-refractivity contribution >= 4 is 28.6 Å². The second-order valence-electron chi connectivity index (χ2n) is 6.21. The van der Waals surface area contributed by atoms with Crippen molar-refractivity contribution < 1.29 is 4.79 Å². The van der Waals surface area contributed by atoms with Crippen LogP contribution < -0.4 is 10.9 Å². The van der Waals surface area contributed by atoms with E-state index in [-0.39, 0.29) is 23.3 Å². The molecule has 3 aromatic rings. The summed E-state index contributed by atoms with van der Waals surface area (Å²) in [5.74, 6) is 0.605. The van der Waals surface area contributed by atoms with E-state index < -0.39 is 0 Å². The summed E-state index contributed by atoms with van der Waals surface area (Å²) in [6, 6.07) is 11.0. The number of pyridine rings is 1. The van der Waals surface area contributed by atoms with E-state index in [1.54, 1.807) is 18.3 Å². The Bertz CT molecular complexity index is 1010. The normalized spacial score (nSPS) is 11.1. The van der Waals surface area contributed by atoms with Crippen molar-refractivity contribution in [2.75, 3.05) is 5.75 Å². The molecule has 0 fully saturated rings. The molecule has 1 aromatic carbocycles. The Kier molecular flexibility index (Phi) is 5.37. The molecule has 2 heterocycles. The number of fused-ring (bicyclic) bond motifs is 1. The molecule has 1 amide bonds. The first-order valence-electron chi connectivity index (χ1n) is 8.33. The highest BCUT2D eigenvalue weighted by Gasteiger charge is 2.16. The van der Waals surface area contributed by atoms with Crippen molar-refractivity contribution in [1.29, 1.82) is 0 Å². The largest absolute Gasteiger partial charge is 0.353 e. The molecule has 0 spiro atoms. The number of aryl methyl sites for hydroxylation is 1. The number of carbonyl (C=O) groups is 1. The van der Waals surface area contributed by atoms with Crippen LogP contribution in [0, 0.1) is 6.92 Å². The lowest BCUT2D eigenvalue weighted by Gasteiger charge is -2.14. The lowest BCUT2D eigenvalue weighted by molar-refractivity contribution is -0.119. The first kappa shape index (κ1) is 18.1. The molecule has 0 aliphatic rings. The SMILES string of the molecule is Cc1cccnc1-n1c(SCC(=O)NC(C)C)nc2ccccc2c1=O. The van der Waals surface area contributed by atoms with Gasteiger partial charge in [-0.2, -0.15) is 0 Å². The molecule has 0 aliphatic heterocycles. The molecule has 7 heteroatoms. The Hall–Kier alpha value is -2.67. The summed E-state index contributed by atoms with van der Waals surface area (Å²) in [6.45, 7) is 5.71. The topological polar surface area (TPSA) is 76.9 Å². The van der Waals surface area contributed by atoms with Crippen molar-refractivity contribution in [2.24, 2.45) is 0 Å². The van der Waals surface area contributed by atoms with Gasteiger partial charge >= 0.3 is 0 Å². The second-order valence-corrected chi connectivity index (χ2v) is 7.15. The number of rotatable bonds is 5. The number of hydrogen-bond acceptors (Lipinski definition) is 5. The lowest BCUT2D eigenvalue weighted by Crippen LogP contribution is -2.32. The zero-order valence-corrected chi connectivity index (χ0v) is 15.7. The molecule has 0 unspecified atom stereocenters. The highest BCUT2D eigenvalue weighted by Crippen LogP contribution is 2.21. The summed E-state index contributed by atoms with van der Waals surface area (Å²) in [6.07, 6.45) is 1.64. The maximum Gasteiger partial charge on any atom is 0.267 e. The molecule has 2 aromatic heterocycles. The molecule has 0 radical (unpaired) electrons. The van der Waals surface area contributed by atoms with Crippen LogP contribution in [0.15, 0.2) is 52.5 Å². The average Bonchev–Trinajstić information content (AvgIpc) is 2.60. The van der Waals surface area contributed by atoms with Gasteiger partial charge in [0, 0.05) is 12.2 Å². The molecule has 0 saturated carbocycles. The number of nitrogens with zero attached hydrogens (tertiary/aromatic N) is 3. The smallest absolute Gasteiger partial charge is 0.267 e. The monoisotopic (exact) mass is 368 g/mol. The third kappa shape index (κ3) is 3.77. The van der Waals surface area contributed by atoms with Crippen molar-refractivity contribution in [3.8, 4) is 5.82 Å². The van der Waals surface area contributed by atoms with Crippen LogP contribution >= 0.6 is 11.8 Å². The average molecular weight is 368 g/mol. The van der Waals surface area contributed by atoms with E-state index in [1.165, 1.54) is 16.3 Å². The number of para-hydroxylation sites is 1. The molecule has 0 bridgehead atoms. The van der Waals surface area contributed by atoms with Crippen LogP contribution in [-0.4, -0.2) is 32.2 Å². The van der Waals surface area contributed by atoms with E-state index in [9.17, 15) is 9.59 Å². The van der Waals surface area contributed by atoms with Gasteiger partial charge in [0.15, 0.2) is 5.16 Å². The fraction of sp³-hybridized carbons (Fsp3) is 0.263. The number of thioether (sulfide) groups is 1. The molecule has 0 aliphatic carbocycles. The molecule has 0 atom stereocenters. The minimum atomic E-state index is -0.191. The van der Waals surface area contributed by atoms with E-state index in [2.05, 4.69) is 15.3 Å². The first-order chi connectivity index (χ1) is 12.5. The van der Waals surface area contributed by atoms with Crippen LogP contribution in [0.5, 0.6) is 0 Å². The van der Waals surface area contributed by atoms with E-state index in [1.807, 2.05) is 45.0 Å². The van der Waals surface area contributed by atoms with Gasteiger partial charge in [-0.1, -0.05) is 30.0 Å². The second kappa shape index (κ2) is 7.70. The van der Waals surface area contributed by atoms with Gasteiger partial charge in [-0.25, -0.2) is 14.5 Å². The summed E-state index contributed by atoms with van der Waals surface area (Å²) in [5.41, 5.74) is 1.28. The van der Waals surface area contributed by atoms with Crippen molar-refractivity contribution in [3.05, 3.63) is 58.5 Å². The Morgan fingerprint density at radius 2 is 2.00 bits per heavy atom. The Labute approximate surface area is 155 Å². The van der Waals surface area contributed by atoms with Crippen LogP contribution in [0.25, 0.3) is 16.7 Å². The molecule has 0 saturated heterocycles. The molecular weight excluding hydrogens is 348 g/mol. The summed E-state index contributed by atoms with van der Waals surface area (Å²) < 4.78 is 1.49. The van der Waals surface area contributed by atoms with Gasteiger partial charge in [-0.05, 0) is 44.5 Å². The van der Waals surface area contributed by atoms with E-state index in [4.69, 9.17) is 0 Å². The van der Waals surface area contributed by atoms with Crippen LogP contribution in [0.1, 0.15) is 19.4 Å². The summed E-state index contributed by atoms with van der Waals surface area (Å²) >= 11 is 1.23.